The van der Waals surface area contributed by atoms with Gasteiger partial charge in [-0.25, -0.2) is 0 Å². The Morgan fingerprint density at radius 2 is 0.333 bits per heavy atom. The van der Waals surface area contributed by atoms with E-state index in [9.17, 15) is 28.8 Å². The van der Waals surface area contributed by atoms with Gasteiger partial charge >= 0.3 is 35.8 Å². The lowest BCUT2D eigenvalue weighted by atomic mass is 9.82. The lowest BCUT2D eigenvalue weighted by Crippen LogP contribution is -2.70. The van der Waals surface area contributed by atoms with Crippen molar-refractivity contribution in [1.29, 1.82) is 0 Å². The van der Waals surface area contributed by atoms with Crippen LogP contribution in [0.25, 0.3) is 0 Å². The summed E-state index contributed by atoms with van der Waals surface area (Å²) in [6, 6.07) is 0. The van der Waals surface area contributed by atoms with Crippen LogP contribution in [0.15, 0.2) is 0 Å². The zero-order valence-corrected chi connectivity index (χ0v) is 32.4. The second kappa shape index (κ2) is 14.4. The maximum Gasteiger partial charge on any atom is 0.311 e. The molecule has 0 atom stereocenters. The van der Waals surface area contributed by atoms with Gasteiger partial charge in [-0.2, -0.15) is 0 Å². The molecule has 0 saturated heterocycles. The van der Waals surface area contributed by atoms with E-state index in [0.29, 0.717) is 0 Å². The molecule has 0 aliphatic heterocycles. The van der Waals surface area contributed by atoms with E-state index in [4.69, 9.17) is 28.4 Å². The van der Waals surface area contributed by atoms with Gasteiger partial charge in [0.2, 0.25) is 0 Å². The molecule has 0 aromatic rings. The highest BCUT2D eigenvalue weighted by atomic mass is 16.7. The van der Waals surface area contributed by atoms with E-state index in [-0.39, 0.29) is 0 Å². The van der Waals surface area contributed by atoms with Crippen molar-refractivity contribution in [2.24, 2.45) is 32.5 Å². The number of hydrogen-bond donors (Lipinski definition) is 0. The van der Waals surface area contributed by atoms with E-state index in [1.807, 2.05) is 0 Å². The molecule has 1 rings (SSSR count). The molecule has 1 aliphatic carbocycles. The van der Waals surface area contributed by atoms with E-state index < -0.39 is 105 Å². The third-order valence-corrected chi connectivity index (χ3v) is 7.08. The second-order valence-electron chi connectivity index (χ2n) is 18.7. The quantitative estimate of drug-likeness (QED) is 0.247. The van der Waals surface area contributed by atoms with Crippen LogP contribution in [0.4, 0.5) is 0 Å². The van der Waals surface area contributed by atoms with Gasteiger partial charge in [0.05, 0.1) is 32.5 Å². The average Bonchev–Trinajstić information content (AvgIpc) is 2.85. The lowest BCUT2D eigenvalue weighted by Gasteiger charge is -2.49. The summed E-state index contributed by atoms with van der Waals surface area (Å²) in [6.45, 7) is 28.6. The predicted molar refractivity (Wildman–Crippen MR) is 176 cm³/mol. The van der Waals surface area contributed by atoms with Crippen LogP contribution in [0.1, 0.15) is 125 Å². The minimum atomic E-state index is -1.69. The SMILES string of the molecule is CC(C)(C)C(=O)O[C@H]1[C@H](OC(=O)C(C)(C)C)[C@@H](OC(=O)C(C)(C)C)[C@H](OC(=O)C(C)(C)C)[C@@H](OC(=O)C(C)(C)C)[C@H]1OC(=O)C(C)(C)C. The molecule has 1 aliphatic rings. The molecule has 48 heavy (non-hydrogen) atoms. The molecule has 0 bridgehead atoms. The van der Waals surface area contributed by atoms with Crippen LogP contribution in [0.5, 0.6) is 0 Å². The fourth-order valence-corrected chi connectivity index (χ4v) is 3.73. The third kappa shape index (κ3) is 11.5. The van der Waals surface area contributed by atoms with Crippen LogP contribution < -0.4 is 0 Å². The summed E-state index contributed by atoms with van der Waals surface area (Å²) in [4.78, 5) is 81.3. The molecular weight excluding hydrogens is 624 g/mol. The second-order valence-corrected chi connectivity index (χ2v) is 18.7. The van der Waals surface area contributed by atoms with Crippen molar-refractivity contribution in [3.8, 4) is 0 Å². The molecule has 0 spiro atoms. The van der Waals surface area contributed by atoms with Crippen LogP contribution in [0.3, 0.4) is 0 Å². The molecular formula is C36H60O12. The first-order valence-electron chi connectivity index (χ1n) is 16.4. The Labute approximate surface area is 286 Å². The Balaban J connectivity index is 4.35. The van der Waals surface area contributed by atoms with Crippen molar-refractivity contribution in [3.05, 3.63) is 0 Å². The van der Waals surface area contributed by atoms with Gasteiger partial charge in [0.25, 0.3) is 0 Å². The highest BCUT2D eigenvalue weighted by Gasteiger charge is 2.63. The zero-order valence-electron chi connectivity index (χ0n) is 32.4. The van der Waals surface area contributed by atoms with Crippen LogP contribution >= 0.6 is 0 Å². The standard InChI is InChI=1S/C36H60O12/c1-31(2,3)25(37)43-19-20(44-26(38)32(4,5)6)22(46-28(40)34(10,11)12)24(48-30(42)36(16,17)18)23(47-29(41)35(13,14)15)21(19)45-27(39)33(7,8)9/h19-24H,1-18H3/t19-,20-,21-,22+,23-,24-. The zero-order chi connectivity index (χ0) is 38.2. The Morgan fingerprint density at radius 3 is 0.396 bits per heavy atom. The fourth-order valence-electron chi connectivity index (χ4n) is 3.73. The third-order valence-electron chi connectivity index (χ3n) is 7.08. The van der Waals surface area contributed by atoms with Crippen LogP contribution in [0, 0.1) is 32.5 Å². The maximum atomic E-state index is 13.6. The topological polar surface area (TPSA) is 158 Å². The summed E-state index contributed by atoms with van der Waals surface area (Å²) in [6.07, 6.45) is -10.1. The Kier molecular flexibility index (Phi) is 12.8. The number of carbonyl (C=O) groups excluding carboxylic acids is 6. The predicted octanol–water partition coefficient (Wildman–Crippen LogP) is 5.75. The molecule has 0 amide bonds. The molecule has 12 heteroatoms. The van der Waals surface area contributed by atoms with Crippen molar-refractivity contribution in [1.82, 2.24) is 0 Å². The molecule has 1 fully saturated rings. The van der Waals surface area contributed by atoms with Gasteiger partial charge in [-0.1, -0.05) is 0 Å². The first-order valence-corrected chi connectivity index (χ1v) is 16.4. The van der Waals surface area contributed by atoms with Gasteiger partial charge < -0.3 is 28.4 Å². The van der Waals surface area contributed by atoms with E-state index in [0.717, 1.165) is 0 Å². The van der Waals surface area contributed by atoms with Crippen LogP contribution in [0.2, 0.25) is 0 Å². The molecule has 0 N–H and O–H groups in total. The number of esters is 6. The molecule has 1 saturated carbocycles. The summed E-state index contributed by atoms with van der Waals surface area (Å²) in [5.41, 5.74) is -6.66. The normalized spacial score (nSPS) is 24.1. The molecule has 0 unspecified atom stereocenters. The van der Waals surface area contributed by atoms with Gasteiger partial charge in [-0.05, 0) is 125 Å². The van der Waals surface area contributed by atoms with Gasteiger partial charge in [-0.15, -0.1) is 0 Å². The van der Waals surface area contributed by atoms with Crippen molar-refractivity contribution in [2.75, 3.05) is 0 Å². The number of carbonyl (C=O) groups is 6. The molecule has 0 aromatic carbocycles. The highest BCUT2D eigenvalue weighted by molar-refractivity contribution is 5.80. The van der Waals surface area contributed by atoms with Crippen LogP contribution in [-0.4, -0.2) is 72.4 Å². The van der Waals surface area contributed by atoms with Crippen LogP contribution in [-0.2, 0) is 57.2 Å². The van der Waals surface area contributed by atoms with Gasteiger partial charge in [-0.3, -0.25) is 28.8 Å². The van der Waals surface area contributed by atoms with E-state index in [1.54, 1.807) is 125 Å². The smallest absolute Gasteiger partial charge is 0.311 e. The number of hydrogen-bond acceptors (Lipinski definition) is 12. The monoisotopic (exact) mass is 684 g/mol. The summed E-state index contributed by atoms with van der Waals surface area (Å²) < 4.78 is 36.0. The average molecular weight is 685 g/mol. The summed E-state index contributed by atoms with van der Waals surface area (Å²) in [7, 11) is 0. The molecule has 0 radical (unpaired) electrons. The Hall–Kier alpha value is -3.18. The lowest BCUT2D eigenvalue weighted by molar-refractivity contribution is -0.269. The maximum absolute atomic E-state index is 13.6. The molecule has 276 valence electrons. The first kappa shape index (κ1) is 42.8. The molecule has 0 aromatic heterocycles. The minimum absolute atomic E-state index is 0.784. The largest absolute Gasteiger partial charge is 0.454 e. The van der Waals surface area contributed by atoms with Gasteiger partial charge in [0.1, 0.15) is 0 Å². The van der Waals surface area contributed by atoms with Gasteiger partial charge in [0, 0.05) is 0 Å². The van der Waals surface area contributed by atoms with Crippen molar-refractivity contribution in [3.63, 3.8) is 0 Å². The summed E-state index contributed by atoms with van der Waals surface area (Å²) in [5, 5.41) is 0. The van der Waals surface area contributed by atoms with Crippen molar-refractivity contribution < 1.29 is 57.2 Å². The van der Waals surface area contributed by atoms with Crippen molar-refractivity contribution in [2.45, 2.75) is 161 Å². The van der Waals surface area contributed by atoms with E-state index >= 15 is 0 Å². The van der Waals surface area contributed by atoms with E-state index in [2.05, 4.69) is 0 Å². The number of rotatable bonds is 6. The van der Waals surface area contributed by atoms with Crippen molar-refractivity contribution >= 4 is 35.8 Å². The summed E-state index contributed by atoms with van der Waals surface area (Å²) in [5.74, 6) is -4.71. The molecule has 0 heterocycles. The number of ether oxygens (including phenoxy) is 6. The minimum Gasteiger partial charge on any atom is -0.454 e. The van der Waals surface area contributed by atoms with Gasteiger partial charge in [0.15, 0.2) is 36.6 Å². The Bertz CT molecular complexity index is 962. The summed E-state index contributed by atoms with van der Waals surface area (Å²) >= 11 is 0. The van der Waals surface area contributed by atoms with E-state index in [1.165, 1.54) is 0 Å². The highest BCUT2D eigenvalue weighted by Crippen LogP contribution is 2.39. The fraction of sp³-hybridized carbons (Fsp3) is 0.833. The Morgan fingerprint density at radius 1 is 0.250 bits per heavy atom. The molecule has 12 nitrogen and oxygen atoms in total. The first-order chi connectivity index (χ1) is 21.1.